The number of fused-ring (bicyclic) bond motifs is 1. The molecule has 1 aliphatic heterocycles. The van der Waals surface area contributed by atoms with E-state index in [1.54, 1.807) is 18.3 Å². The minimum absolute atomic E-state index is 0.172. The van der Waals surface area contributed by atoms with E-state index in [2.05, 4.69) is 41.8 Å². The average molecular weight is 365 g/mol. The first-order valence-electron chi connectivity index (χ1n) is 9.33. The van der Waals surface area contributed by atoms with E-state index in [9.17, 15) is 9.28 Å². The summed E-state index contributed by atoms with van der Waals surface area (Å²) in [5, 5.41) is 0. The number of hydrogen-bond acceptors (Lipinski definition) is 4. The van der Waals surface area contributed by atoms with E-state index in [1.165, 1.54) is 25.0 Å². The van der Waals surface area contributed by atoms with Crippen LogP contribution in [0.5, 0.6) is 0 Å². The summed E-state index contributed by atoms with van der Waals surface area (Å²) in [6.07, 6.45) is 6.21. The number of rotatable bonds is 4. The number of hydrogen-bond donors (Lipinski definition) is 0. The monoisotopic (exact) mass is 365 g/mol. The van der Waals surface area contributed by atoms with Crippen molar-refractivity contribution in [2.75, 3.05) is 0 Å². The van der Waals surface area contributed by atoms with Crippen LogP contribution in [-0.2, 0) is 0 Å². The summed E-state index contributed by atoms with van der Waals surface area (Å²) in [5.41, 5.74) is 0.777. The Labute approximate surface area is 151 Å². The summed E-state index contributed by atoms with van der Waals surface area (Å²) in [7, 11) is -3.04. The minimum Gasteiger partial charge on any atom is -0.630 e. The van der Waals surface area contributed by atoms with Crippen LogP contribution in [0.3, 0.4) is 0 Å². The Balaban J connectivity index is 1.99. The first-order valence-corrected chi connectivity index (χ1v) is 10.9. The van der Waals surface area contributed by atoms with Crippen LogP contribution < -0.4 is 4.89 Å². The largest absolute Gasteiger partial charge is 0.630 e. The van der Waals surface area contributed by atoms with Crippen molar-refractivity contribution in [2.45, 2.75) is 77.5 Å². The molecule has 138 valence electrons. The second-order valence-electron chi connectivity index (χ2n) is 7.68. The Kier molecular flexibility index (Phi) is 5.60. The predicted molar refractivity (Wildman–Crippen MR) is 101 cm³/mol. The van der Waals surface area contributed by atoms with Gasteiger partial charge in [0.2, 0.25) is 7.94 Å². The average Bonchev–Trinajstić information content (AvgIpc) is 2.83. The van der Waals surface area contributed by atoms with Gasteiger partial charge in [-0.25, -0.2) is 4.39 Å². The summed E-state index contributed by atoms with van der Waals surface area (Å²) < 4.78 is 22.1. The van der Waals surface area contributed by atoms with Crippen molar-refractivity contribution in [1.29, 1.82) is 0 Å². The zero-order valence-electron chi connectivity index (χ0n) is 15.6. The summed E-state index contributed by atoms with van der Waals surface area (Å²) in [4.78, 5) is 14.1. The topological polar surface area (TPSA) is 41.9 Å². The van der Waals surface area contributed by atoms with Gasteiger partial charge in [-0.15, -0.1) is 14.1 Å². The molecule has 0 spiro atoms. The highest BCUT2D eigenvalue weighted by atomic mass is 31.2. The molecule has 2 aliphatic rings. The van der Waals surface area contributed by atoms with Gasteiger partial charge in [0.25, 0.3) is 0 Å². The molecule has 4 nitrogen and oxygen atoms in total. The van der Waals surface area contributed by atoms with E-state index in [0.717, 1.165) is 18.4 Å². The van der Waals surface area contributed by atoms with Crippen molar-refractivity contribution in [2.24, 2.45) is 4.76 Å². The summed E-state index contributed by atoms with van der Waals surface area (Å²) in [6.45, 7) is 8.43. The second kappa shape index (κ2) is 7.40. The molecule has 0 amide bonds. The van der Waals surface area contributed by atoms with E-state index in [1.807, 2.05) is 0 Å². The smallest absolute Gasteiger partial charge is 0.238 e. The van der Waals surface area contributed by atoms with Gasteiger partial charge in [-0.3, -0.25) is 0 Å². The van der Waals surface area contributed by atoms with E-state index in [-0.39, 0.29) is 17.9 Å². The lowest BCUT2D eigenvalue weighted by Crippen LogP contribution is -2.43. The van der Waals surface area contributed by atoms with Gasteiger partial charge in [0, 0.05) is 12.1 Å². The maximum atomic E-state index is 14.1. The molecule has 0 N–H and O–H groups in total. The third kappa shape index (κ3) is 3.52. The first-order chi connectivity index (χ1) is 11.8. The SMILES string of the molecule is CC(C)N1[C@H]2CCCC[C@@H]2N(C(C)C)[P+]1([O-])/N=C/c1ccc(F)cc1. The molecule has 1 saturated heterocycles. The highest BCUT2D eigenvalue weighted by Crippen LogP contribution is 2.69. The molecule has 0 radical (unpaired) electrons. The highest BCUT2D eigenvalue weighted by Gasteiger charge is 2.61. The molecular formula is C19H29FN3OP. The predicted octanol–water partition coefficient (Wildman–Crippen LogP) is 4.03. The molecule has 0 aromatic heterocycles. The van der Waals surface area contributed by atoms with Crippen LogP contribution in [0.1, 0.15) is 58.9 Å². The van der Waals surface area contributed by atoms with Crippen LogP contribution in [0.4, 0.5) is 4.39 Å². The van der Waals surface area contributed by atoms with Crippen LogP contribution in [0.15, 0.2) is 29.0 Å². The van der Waals surface area contributed by atoms with E-state index < -0.39 is 7.94 Å². The van der Waals surface area contributed by atoms with Crippen LogP contribution in [0.25, 0.3) is 0 Å². The van der Waals surface area contributed by atoms with Crippen molar-refractivity contribution in [3.8, 4) is 0 Å². The van der Waals surface area contributed by atoms with Crippen molar-refractivity contribution < 1.29 is 9.28 Å². The van der Waals surface area contributed by atoms with Gasteiger partial charge in [0.1, 0.15) is 5.82 Å². The lowest BCUT2D eigenvalue weighted by atomic mass is 9.89. The molecule has 3 rings (SSSR count). The number of benzene rings is 1. The Morgan fingerprint density at radius 1 is 1.04 bits per heavy atom. The highest BCUT2D eigenvalue weighted by molar-refractivity contribution is 7.63. The quantitative estimate of drug-likeness (QED) is 0.598. The zero-order chi connectivity index (χ0) is 18.2. The van der Waals surface area contributed by atoms with Gasteiger partial charge in [0.05, 0.1) is 18.3 Å². The molecule has 1 aliphatic carbocycles. The third-order valence-electron chi connectivity index (χ3n) is 5.26. The fraction of sp³-hybridized carbons (Fsp3) is 0.632. The van der Waals surface area contributed by atoms with Gasteiger partial charge >= 0.3 is 0 Å². The van der Waals surface area contributed by atoms with Crippen molar-refractivity contribution in [3.63, 3.8) is 0 Å². The van der Waals surface area contributed by atoms with Crippen LogP contribution in [0.2, 0.25) is 0 Å². The molecule has 1 aromatic rings. The molecule has 0 unspecified atom stereocenters. The fourth-order valence-electron chi connectivity index (χ4n) is 4.39. The molecule has 2 fully saturated rings. The van der Waals surface area contributed by atoms with Crippen molar-refractivity contribution >= 4 is 14.2 Å². The van der Waals surface area contributed by atoms with Crippen LogP contribution in [-0.4, -0.2) is 39.7 Å². The van der Waals surface area contributed by atoms with Gasteiger partial charge in [-0.2, -0.15) is 0 Å². The summed E-state index contributed by atoms with van der Waals surface area (Å²) >= 11 is 0. The molecular weight excluding hydrogens is 336 g/mol. The molecule has 2 atom stereocenters. The molecule has 1 heterocycles. The lowest BCUT2D eigenvalue weighted by Gasteiger charge is -2.39. The molecule has 6 heteroatoms. The van der Waals surface area contributed by atoms with E-state index in [4.69, 9.17) is 0 Å². The number of nitrogens with zero attached hydrogens (tertiary/aromatic N) is 3. The Morgan fingerprint density at radius 3 is 1.96 bits per heavy atom. The van der Waals surface area contributed by atoms with Gasteiger partial charge in [-0.05, 0) is 58.2 Å². The Morgan fingerprint density at radius 2 is 1.52 bits per heavy atom. The van der Waals surface area contributed by atoms with Gasteiger partial charge in [-0.1, -0.05) is 25.0 Å². The van der Waals surface area contributed by atoms with Crippen LogP contribution >= 0.6 is 7.94 Å². The Hall–Kier alpha value is -0.870. The third-order valence-corrected chi connectivity index (χ3v) is 8.40. The normalized spacial score (nSPS) is 27.5. The van der Waals surface area contributed by atoms with E-state index in [0.29, 0.717) is 12.1 Å². The second-order valence-corrected chi connectivity index (χ2v) is 9.86. The minimum atomic E-state index is -3.04. The van der Waals surface area contributed by atoms with E-state index >= 15 is 0 Å². The first kappa shape index (κ1) is 18.9. The number of halogens is 1. The standard InChI is InChI=1S/C19H29FN3OP/c1-14(2)22-18-7-5-6-8-19(18)23(15(3)4)25(22,24)21-13-16-9-11-17(20)12-10-16/h9-15,18-19H,5-8H2,1-4H3/b21-13+/t18-,19-/m0/s1. The lowest BCUT2D eigenvalue weighted by molar-refractivity contribution is -0.193. The maximum absolute atomic E-state index is 14.1. The summed E-state index contributed by atoms with van der Waals surface area (Å²) in [5.74, 6) is -0.275. The van der Waals surface area contributed by atoms with Crippen LogP contribution in [0, 0.1) is 5.82 Å². The zero-order valence-corrected chi connectivity index (χ0v) is 16.5. The maximum Gasteiger partial charge on any atom is 0.238 e. The van der Waals surface area contributed by atoms with Crippen molar-refractivity contribution in [1.82, 2.24) is 9.34 Å². The van der Waals surface area contributed by atoms with Gasteiger partial charge in [0.15, 0.2) is 0 Å². The van der Waals surface area contributed by atoms with Crippen molar-refractivity contribution in [3.05, 3.63) is 35.6 Å². The molecule has 25 heavy (non-hydrogen) atoms. The summed E-state index contributed by atoms with van der Waals surface area (Å²) in [6, 6.07) is 7.13. The fourth-order valence-corrected chi connectivity index (χ4v) is 7.67. The van der Waals surface area contributed by atoms with Gasteiger partial charge < -0.3 is 4.89 Å². The molecule has 1 saturated carbocycles. The molecule has 1 aromatic carbocycles. The molecule has 0 bridgehead atoms. The Bertz CT molecular complexity index is 596.